The lowest BCUT2D eigenvalue weighted by Gasteiger charge is -2.31. The molecular weight excluding hydrogens is 739 g/mol. The number of hydrogen-bond donors (Lipinski definition) is 1. The molecule has 0 spiro atoms. The molecule has 0 rings (SSSR count). The van der Waals surface area contributed by atoms with E-state index in [0.717, 1.165) is 64.2 Å². The predicted molar refractivity (Wildman–Crippen MR) is 247 cm³/mol. The summed E-state index contributed by atoms with van der Waals surface area (Å²) in [5, 5.41) is 9.63. The Morgan fingerprint density at radius 2 is 0.949 bits per heavy atom. The molecule has 0 radical (unpaired) electrons. The number of allylic oxidation sites excluding steroid dienone is 12. The van der Waals surface area contributed by atoms with Crippen molar-refractivity contribution < 1.29 is 38.2 Å². The van der Waals surface area contributed by atoms with Crippen LogP contribution in [0, 0.1) is 0 Å². The Morgan fingerprint density at radius 3 is 1.39 bits per heavy atom. The first-order valence-corrected chi connectivity index (χ1v) is 23.5. The number of carbonyl (C=O) groups excluding carboxylic acids is 2. The first-order valence-electron chi connectivity index (χ1n) is 23.5. The number of carbonyl (C=O) groups is 3. The summed E-state index contributed by atoms with van der Waals surface area (Å²) >= 11 is 0. The van der Waals surface area contributed by atoms with Gasteiger partial charge in [-0.05, 0) is 57.8 Å². The maximum atomic E-state index is 12.7. The molecule has 2 unspecified atom stereocenters. The van der Waals surface area contributed by atoms with Crippen LogP contribution in [0.2, 0.25) is 0 Å². The fraction of sp³-hybridized carbons (Fsp3) is 0.706. The first-order chi connectivity index (χ1) is 28.6. The molecule has 0 aromatic carbocycles. The Bertz CT molecular complexity index is 1190. The van der Waals surface area contributed by atoms with Crippen molar-refractivity contribution in [2.75, 3.05) is 41.0 Å². The molecule has 0 fully saturated rings. The average Bonchev–Trinajstić information content (AvgIpc) is 3.19. The smallest absolute Gasteiger partial charge is 0.362 e. The molecule has 0 aliphatic heterocycles. The van der Waals surface area contributed by atoms with Crippen LogP contribution >= 0.6 is 0 Å². The maximum absolute atomic E-state index is 12.7. The standard InChI is InChI=1S/C51H87NO7/c1-6-8-10-12-14-16-18-20-22-23-24-25-26-28-30-32-34-36-38-40-42-50(54)59-47(45-57-44-43-48(51(55)56)52(3,4)5)46-58-49(53)41-39-37-35-33-31-29-27-21-19-17-15-13-11-9-7-2/h8,10,14,16,20,22,24-25,28,30,34,36,47-48H,6-7,9,11-13,15,17-19,21,23,26-27,29,31-33,35,37-46H2,1-5H3/p+1/b10-8+,16-14+,22-20+,25-24+,30-28+,36-34+. The lowest BCUT2D eigenvalue weighted by atomic mass is 10.0. The molecule has 338 valence electrons. The molecule has 0 bridgehead atoms. The second kappa shape index (κ2) is 41.5. The van der Waals surface area contributed by atoms with E-state index < -0.39 is 18.1 Å². The van der Waals surface area contributed by atoms with Gasteiger partial charge in [0.1, 0.15) is 6.61 Å². The zero-order valence-corrected chi connectivity index (χ0v) is 38.4. The van der Waals surface area contributed by atoms with Gasteiger partial charge < -0.3 is 23.8 Å². The molecule has 0 aromatic rings. The molecule has 0 amide bonds. The highest BCUT2D eigenvalue weighted by Crippen LogP contribution is 2.15. The van der Waals surface area contributed by atoms with E-state index in [-0.39, 0.29) is 42.7 Å². The van der Waals surface area contributed by atoms with Crippen molar-refractivity contribution in [3.05, 3.63) is 72.9 Å². The molecule has 2 atom stereocenters. The molecule has 0 aliphatic rings. The third-order valence-electron chi connectivity index (χ3n) is 10.1. The van der Waals surface area contributed by atoms with E-state index in [9.17, 15) is 19.5 Å². The van der Waals surface area contributed by atoms with E-state index in [0.29, 0.717) is 19.3 Å². The topological polar surface area (TPSA) is 99.1 Å². The minimum atomic E-state index is -0.885. The molecule has 59 heavy (non-hydrogen) atoms. The van der Waals surface area contributed by atoms with Crippen LogP contribution in [-0.2, 0) is 28.6 Å². The Hall–Kier alpha value is -3.23. The van der Waals surface area contributed by atoms with E-state index >= 15 is 0 Å². The second-order valence-electron chi connectivity index (χ2n) is 16.6. The van der Waals surface area contributed by atoms with E-state index in [1.165, 1.54) is 77.0 Å². The van der Waals surface area contributed by atoms with Gasteiger partial charge in [-0.1, -0.05) is 177 Å². The van der Waals surface area contributed by atoms with Crippen LogP contribution < -0.4 is 0 Å². The van der Waals surface area contributed by atoms with Crippen molar-refractivity contribution >= 4 is 17.9 Å². The Morgan fingerprint density at radius 1 is 0.525 bits per heavy atom. The van der Waals surface area contributed by atoms with Crippen molar-refractivity contribution in [3.63, 3.8) is 0 Å². The van der Waals surface area contributed by atoms with Gasteiger partial charge in [-0.25, -0.2) is 4.79 Å². The number of nitrogens with zero attached hydrogens (tertiary/aromatic N) is 1. The Labute approximate surface area is 361 Å². The SMILES string of the molecule is CC/C=C/C/C=C/C/C=C/C/C=C/C/C=C/C/C=C/CCCC(=O)OC(COCCC(C(=O)O)[N+](C)(C)C)COC(=O)CCCCCCCCCCCCCCCCC. The Kier molecular flexibility index (Phi) is 39.2. The highest BCUT2D eigenvalue weighted by molar-refractivity contribution is 5.72. The maximum Gasteiger partial charge on any atom is 0.362 e. The summed E-state index contributed by atoms with van der Waals surface area (Å²) in [5.41, 5.74) is 0. The highest BCUT2D eigenvalue weighted by atomic mass is 16.6. The molecule has 0 saturated carbocycles. The van der Waals surface area contributed by atoms with Crippen molar-refractivity contribution in [3.8, 4) is 0 Å². The molecule has 8 heteroatoms. The molecule has 8 nitrogen and oxygen atoms in total. The van der Waals surface area contributed by atoms with Gasteiger partial charge in [0, 0.05) is 19.3 Å². The third kappa shape index (κ3) is 40.0. The zero-order valence-electron chi connectivity index (χ0n) is 38.4. The van der Waals surface area contributed by atoms with Crippen LogP contribution in [0.3, 0.4) is 0 Å². The summed E-state index contributed by atoms with van der Waals surface area (Å²) < 4.78 is 17.2. The largest absolute Gasteiger partial charge is 0.477 e. The summed E-state index contributed by atoms with van der Waals surface area (Å²) in [6, 6.07) is -0.627. The lowest BCUT2D eigenvalue weighted by molar-refractivity contribution is -0.887. The summed E-state index contributed by atoms with van der Waals surface area (Å²) in [4.78, 5) is 37.0. The summed E-state index contributed by atoms with van der Waals surface area (Å²) in [5.74, 6) is -1.55. The normalized spacial score (nSPS) is 13.6. The average molecular weight is 827 g/mol. The van der Waals surface area contributed by atoms with Crippen LogP contribution in [0.5, 0.6) is 0 Å². The van der Waals surface area contributed by atoms with Gasteiger partial charge in [-0.3, -0.25) is 9.59 Å². The quantitative estimate of drug-likeness (QED) is 0.0284. The zero-order chi connectivity index (χ0) is 43.5. The van der Waals surface area contributed by atoms with Crippen LogP contribution in [0.4, 0.5) is 0 Å². The Balaban J connectivity index is 4.42. The summed E-state index contributed by atoms with van der Waals surface area (Å²) in [6.45, 7) is 4.56. The minimum absolute atomic E-state index is 0.0363. The number of esters is 2. The van der Waals surface area contributed by atoms with Crippen molar-refractivity contribution in [1.82, 2.24) is 0 Å². The molecule has 1 N–H and O–H groups in total. The number of carboxylic acids is 1. The van der Waals surface area contributed by atoms with Crippen LogP contribution in [-0.4, -0.2) is 80.6 Å². The van der Waals surface area contributed by atoms with Gasteiger partial charge in [-0.15, -0.1) is 0 Å². The molecule has 0 heterocycles. The van der Waals surface area contributed by atoms with E-state index in [1.54, 1.807) is 0 Å². The van der Waals surface area contributed by atoms with E-state index in [2.05, 4.69) is 86.8 Å². The summed E-state index contributed by atoms with van der Waals surface area (Å²) in [7, 11) is 5.50. The number of carboxylic acid groups (broad SMARTS) is 1. The van der Waals surface area contributed by atoms with E-state index in [1.807, 2.05) is 21.1 Å². The van der Waals surface area contributed by atoms with Crippen molar-refractivity contribution in [2.45, 2.75) is 193 Å². The number of aliphatic carboxylic acids is 1. The summed E-state index contributed by atoms with van der Waals surface area (Å²) in [6.07, 6.45) is 52.4. The second-order valence-corrected chi connectivity index (χ2v) is 16.6. The fourth-order valence-corrected chi connectivity index (χ4v) is 6.52. The third-order valence-corrected chi connectivity index (χ3v) is 10.1. The predicted octanol–water partition coefficient (Wildman–Crippen LogP) is 13.1. The van der Waals surface area contributed by atoms with Gasteiger partial charge in [0.25, 0.3) is 0 Å². The number of hydrogen-bond acceptors (Lipinski definition) is 6. The highest BCUT2D eigenvalue weighted by Gasteiger charge is 2.31. The number of likely N-dealkylation sites (N-methyl/N-ethyl adjacent to an activating group) is 1. The van der Waals surface area contributed by atoms with Crippen molar-refractivity contribution in [1.29, 1.82) is 0 Å². The van der Waals surface area contributed by atoms with Crippen LogP contribution in [0.1, 0.15) is 181 Å². The van der Waals surface area contributed by atoms with Gasteiger partial charge in [-0.2, -0.15) is 0 Å². The monoisotopic (exact) mass is 827 g/mol. The number of ether oxygens (including phenoxy) is 3. The molecular formula is C51H88NO7+. The van der Waals surface area contributed by atoms with Crippen molar-refractivity contribution in [2.24, 2.45) is 0 Å². The van der Waals surface area contributed by atoms with Gasteiger partial charge in [0.2, 0.25) is 0 Å². The van der Waals surface area contributed by atoms with E-state index in [4.69, 9.17) is 14.2 Å². The molecule has 0 aliphatic carbocycles. The molecule has 0 aromatic heterocycles. The number of rotatable bonds is 41. The van der Waals surface area contributed by atoms with Gasteiger partial charge in [0.15, 0.2) is 12.1 Å². The number of quaternary nitrogens is 1. The molecule has 0 saturated heterocycles. The fourth-order valence-electron chi connectivity index (χ4n) is 6.52. The minimum Gasteiger partial charge on any atom is -0.477 e. The lowest BCUT2D eigenvalue weighted by Crippen LogP contribution is -2.50. The first kappa shape index (κ1) is 55.8. The van der Waals surface area contributed by atoms with Crippen LogP contribution in [0.25, 0.3) is 0 Å². The van der Waals surface area contributed by atoms with Gasteiger partial charge >= 0.3 is 17.9 Å². The van der Waals surface area contributed by atoms with Crippen LogP contribution in [0.15, 0.2) is 72.9 Å². The number of unbranched alkanes of at least 4 members (excludes halogenated alkanes) is 15. The van der Waals surface area contributed by atoms with Gasteiger partial charge in [0.05, 0.1) is 34.4 Å².